The van der Waals surface area contributed by atoms with E-state index >= 15 is 0 Å². The van der Waals surface area contributed by atoms with Crippen molar-refractivity contribution in [3.8, 4) is 0 Å². The first kappa shape index (κ1) is 4.36. The van der Waals surface area contributed by atoms with E-state index in [-0.39, 0.29) is 0 Å². The van der Waals surface area contributed by atoms with Crippen molar-refractivity contribution in [1.29, 1.82) is 0 Å². The molecule has 8 heavy (non-hydrogen) atoms. The van der Waals surface area contributed by atoms with E-state index in [1.165, 1.54) is 6.42 Å². The molecule has 3 unspecified atom stereocenters. The second-order valence-corrected chi connectivity index (χ2v) is 2.67. The molecule has 0 amide bonds. The number of hydrogen-bond donors (Lipinski definition) is 0. The van der Waals surface area contributed by atoms with Gasteiger partial charge in [-0.15, -0.1) is 0 Å². The average Bonchev–Trinajstić information content (AvgIpc) is 2.36. The third-order valence-electron chi connectivity index (χ3n) is 2.22. The highest BCUT2D eigenvalue weighted by Gasteiger charge is 2.54. The molecule has 2 aliphatic rings. The summed E-state index contributed by atoms with van der Waals surface area (Å²) in [5.74, 6) is 1.69. The lowest BCUT2D eigenvalue weighted by Gasteiger charge is -2.21. The van der Waals surface area contributed by atoms with Crippen LogP contribution in [0.25, 0.3) is 0 Å². The van der Waals surface area contributed by atoms with E-state index in [1.54, 1.807) is 0 Å². The highest BCUT2D eigenvalue weighted by molar-refractivity contribution is 5.38. The normalized spacial score (nSPS) is 48.8. The zero-order valence-electron chi connectivity index (χ0n) is 4.54. The zero-order chi connectivity index (χ0) is 5.56. The second kappa shape index (κ2) is 1.24. The molecule has 2 nitrogen and oxygen atoms in total. The average molecular weight is 112 g/mol. The van der Waals surface area contributed by atoms with Gasteiger partial charge in [-0.3, -0.25) is 4.79 Å². The summed E-state index contributed by atoms with van der Waals surface area (Å²) >= 11 is 0. The minimum Gasteiger partial charge on any atom is -0.464 e. The van der Waals surface area contributed by atoms with E-state index in [2.05, 4.69) is 0 Å². The molecular formula is C6H8O2. The quantitative estimate of drug-likeness (QED) is 0.488. The van der Waals surface area contributed by atoms with Crippen LogP contribution in [0.3, 0.4) is 0 Å². The van der Waals surface area contributed by atoms with Crippen molar-refractivity contribution in [2.75, 3.05) is 0 Å². The van der Waals surface area contributed by atoms with Crippen LogP contribution < -0.4 is 0 Å². The van der Waals surface area contributed by atoms with Gasteiger partial charge in [0, 0.05) is 0 Å². The second-order valence-electron chi connectivity index (χ2n) is 2.67. The van der Waals surface area contributed by atoms with E-state index < -0.39 is 0 Å². The molecule has 3 atom stereocenters. The molecule has 0 heterocycles. The van der Waals surface area contributed by atoms with E-state index in [0.29, 0.717) is 12.6 Å². The Balaban J connectivity index is 1.83. The maximum atomic E-state index is 9.75. The van der Waals surface area contributed by atoms with Crippen LogP contribution in [0.2, 0.25) is 0 Å². The summed E-state index contributed by atoms with van der Waals surface area (Å²) < 4.78 is 4.75. The van der Waals surface area contributed by atoms with Gasteiger partial charge in [0.1, 0.15) is 6.10 Å². The molecule has 0 spiro atoms. The summed E-state index contributed by atoms with van der Waals surface area (Å²) in [7, 11) is 0. The molecule has 0 aromatic rings. The van der Waals surface area contributed by atoms with Gasteiger partial charge < -0.3 is 4.74 Å². The fraction of sp³-hybridized carbons (Fsp3) is 0.833. The van der Waals surface area contributed by atoms with Gasteiger partial charge in [0.05, 0.1) is 0 Å². The molecule has 44 valence electrons. The van der Waals surface area contributed by atoms with Gasteiger partial charge in [0.25, 0.3) is 6.47 Å². The van der Waals surface area contributed by atoms with E-state index in [4.69, 9.17) is 4.74 Å². The SMILES string of the molecule is O=COC1CC2CC21. The van der Waals surface area contributed by atoms with Crippen LogP contribution in [0.15, 0.2) is 0 Å². The zero-order valence-corrected chi connectivity index (χ0v) is 4.54. The summed E-state index contributed by atoms with van der Waals surface area (Å²) in [6, 6.07) is 0. The van der Waals surface area contributed by atoms with Crippen LogP contribution in [0, 0.1) is 11.8 Å². The molecule has 2 rings (SSSR count). The minimum absolute atomic E-state index is 0.303. The van der Waals surface area contributed by atoms with E-state index in [9.17, 15) is 4.79 Å². The summed E-state index contributed by atoms with van der Waals surface area (Å²) in [5.41, 5.74) is 0. The first-order valence-electron chi connectivity index (χ1n) is 3.01. The standard InChI is InChI=1S/C6H8O2/c7-3-8-6-2-4-1-5(4)6/h3-6H,1-2H2. The first-order valence-corrected chi connectivity index (χ1v) is 3.01. The minimum atomic E-state index is 0.303. The Kier molecular flexibility index (Phi) is 0.678. The Bertz CT molecular complexity index is 122. The van der Waals surface area contributed by atoms with Gasteiger partial charge in [0.15, 0.2) is 0 Å². The topological polar surface area (TPSA) is 26.3 Å². The van der Waals surface area contributed by atoms with Crippen LogP contribution in [-0.2, 0) is 9.53 Å². The van der Waals surface area contributed by atoms with Crippen molar-refractivity contribution >= 4 is 6.47 Å². The number of ether oxygens (including phenoxy) is 1. The lowest BCUT2D eigenvalue weighted by molar-refractivity contribution is -0.138. The molecule has 0 radical (unpaired) electrons. The molecule has 2 saturated carbocycles. The smallest absolute Gasteiger partial charge is 0.293 e. The lowest BCUT2D eigenvalue weighted by atomic mass is 9.96. The Morgan fingerprint density at radius 2 is 2.38 bits per heavy atom. The predicted molar refractivity (Wildman–Crippen MR) is 27.2 cm³/mol. The Labute approximate surface area is 47.8 Å². The molecule has 0 bridgehead atoms. The molecule has 2 heteroatoms. The van der Waals surface area contributed by atoms with Crippen molar-refractivity contribution in [1.82, 2.24) is 0 Å². The lowest BCUT2D eigenvalue weighted by Crippen LogP contribution is -2.24. The van der Waals surface area contributed by atoms with Gasteiger partial charge in [-0.05, 0) is 24.7 Å². The Morgan fingerprint density at radius 3 is 2.75 bits per heavy atom. The van der Waals surface area contributed by atoms with Crippen molar-refractivity contribution in [3.05, 3.63) is 0 Å². The van der Waals surface area contributed by atoms with Crippen molar-refractivity contribution in [3.63, 3.8) is 0 Å². The van der Waals surface area contributed by atoms with Crippen LogP contribution >= 0.6 is 0 Å². The molecule has 0 N–H and O–H groups in total. The number of carbonyl (C=O) groups excluding carboxylic acids is 1. The van der Waals surface area contributed by atoms with Crippen LogP contribution in [0.1, 0.15) is 12.8 Å². The largest absolute Gasteiger partial charge is 0.464 e. The van der Waals surface area contributed by atoms with Crippen LogP contribution in [0.5, 0.6) is 0 Å². The molecular weight excluding hydrogens is 104 g/mol. The molecule has 0 aromatic heterocycles. The maximum absolute atomic E-state index is 9.75. The molecule has 0 aromatic carbocycles. The maximum Gasteiger partial charge on any atom is 0.293 e. The van der Waals surface area contributed by atoms with Gasteiger partial charge in [0.2, 0.25) is 0 Å². The van der Waals surface area contributed by atoms with Crippen molar-refractivity contribution in [2.24, 2.45) is 11.8 Å². The Morgan fingerprint density at radius 1 is 1.50 bits per heavy atom. The molecule has 2 aliphatic carbocycles. The number of carbonyl (C=O) groups is 1. The van der Waals surface area contributed by atoms with Gasteiger partial charge >= 0.3 is 0 Å². The van der Waals surface area contributed by atoms with Crippen LogP contribution in [-0.4, -0.2) is 12.6 Å². The molecule has 2 fully saturated rings. The first-order chi connectivity index (χ1) is 3.92. The third kappa shape index (κ3) is 0.403. The Hall–Kier alpha value is -0.530. The fourth-order valence-electron chi connectivity index (χ4n) is 1.50. The van der Waals surface area contributed by atoms with Gasteiger partial charge in [-0.25, -0.2) is 0 Å². The van der Waals surface area contributed by atoms with E-state index in [0.717, 1.165) is 18.3 Å². The summed E-state index contributed by atoms with van der Waals surface area (Å²) in [4.78, 5) is 9.75. The summed E-state index contributed by atoms with van der Waals surface area (Å²) in [5, 5.41) is 0. The monoisotopic (exact) mass is 112 g/mol. The van der Waals surface area contributed by atoms with Crippen molar-refractivity contribution < 1.29 is 9.53 Å². The molecule has 0 aliphatic heterocycles. The number of hydrogen-bond acceptors (Lipinski definition) is 2. The van der Waals surface area contributed by atoms with E-state index in [1.807, 2.05) is 0 Å². The summed E-state index contributed by atoms with van der Waals surface area (Å²) in [6.45, 7) is 0.569. The van der Waals surface area contributed by atoms with Gasteiger partial charge in [-0.2, -0.15) is 0 Å². The fourth-order valence-corrected chi connectivity index (χ4v) is 1.50. The number of fused-ring (bicyclic) bond motifs is 1. The van der Waals surface area contributed by atoms with Gasteiger partial charge in [-0.1, -0.05) is 0 Å². The van der Waals surface area contributed by atoms with Crippen LogP contribution in [0.4, 0.5) is 0 Å². The third-order valence-corrected chi connectivity index (χ3v) is 2.22. The highest BCUT2D eigenvalue weighted by atomic mass is 16.5. The van der Waals surface area contributed by atoms with Crippen molar-refractivity contribution in [2.45, 2.75) is 18.9 Å². The number of rotatable bonds is 2. The predicted octanol–water partition coefficient (Wildman–Crippen LogP) is 0.568. The molecule has 0 saturated heterocycles. The highest BCUT2D eigenvalue weighted by Crippen LogP contribution is 2.56. The summed E-state index contributed by atoms with van der Waals surface area (Å²) in [6.07, 6.45) is 2.74.